The first-order chi connectivity index (χ1) is 10.8. The van der Waals surface area contributed by atoms with Gasteiger partial charge in [-0.3, -0.25) is 0 Å². The molecule has 8 heteroatoms. The van der Waals surface area contributed by atoms with Crippen molar-refractivity contribution in [1.82, 2.24) is 9.88 Å². The van der Waals surface area contributed by atoms with Crippen LogP contribution >= 0.6 is 11.6 Å². The molecule has 0 unspecified atom stereocenters. The number of alkyl halides is 3. The van der Waals surface area contributed by atoms with Gasteiger partial charge in [0.2, 0.25) is 0 Å². The first-order valence-corrected chi connectivity index (χ1v) is 7.91. The maximum absolute atomic E-state index is 12.7. The van der Waals surface area contributed by atoms with Crippen molar-refractivity contribution in [2.24, 2.45) is 11.8 Å². The third-order valence-corrected chi connectivity index (χ3v) is 4.62. The van der Waals surface area contributed by atoms with Gasteiger partial charge in [0.1, 0.15) is 5.82 Å². The van der Waals surface area contributed by atoms with Gasteiger partial charge in [-0.1, -0.05) is 18.5 Å². The monoisotopic (exact) mass is 351 g/mol. The number of halogens is 4. The number of pyridine rings is 1. The fourth-order valence-corrected chi connectivity index (χ4v) is 3.16. The smallest absolute Gasteiger partial charge is 0.396 e. The molecular formula is C15H21ClF3N3O. The van der Waals surface area contributed by atoms with Gasteiger partial charge in [0.25, 0.3) is 0 Å². The van der Waals surface area contributed by atoms with Crippen LogP contribution in [0, 0.1) is 11.8 Å². The predicted octanol–water partition coefficient (Wildman–Crippen LogP) is 2.75. The predicted molar refractivity (Wildman–Crippen MR) is 83.7 cm³/mol. The molecule has 1 N–H and O–H groups in total. The minimum atomic E-state index is -4.46. The van der Waals surface area contributed by atoms with Crippen molar-refractivity contribution in [2.75, 3.05) is 44.7 Å². The summed E-state index contributed by atoms with van der Waals surface area (Å²) in [5, 5.41) is 9.55. The van der Waals surface area contributed by atoms with Gasteiger partial charge in [0.05, 0.1) is 10.6 Å². The number of hydrogen-bond donors (Lipinski definition) is 1. The molecule has 4 nitrogen and oxygen atoms in total. The summed E-state index contributed by atoms with van der Waals surface area (Å²) in [5.74, 6) is 0.633. The summed E-state index contributed by atoms with van der Waals surface area (Å²) in [6.07, 6.45) is -3.65. The summed E-state index contributed by atoms with van der Waals surface area (Å²) >= 11 is 6.01. The highest BCUT2D eigenvalue weighted by Gasteiger charge is 2.36. The number of anilines is 1. The topological polar surface area (TPSA) is 39.6 Å². The highest BCUT2D eigenvalue weighted by molar-refractivity contribution is 6.33. The molecule has 2 atom stereocenters. The fraction of sp³-hybridized carbons (Fsp3) is 0.667. The zero-order chi connectivity index (χ0) is 17.2. The van der Waals surface area contributed by atoms with Crippen molar-refractivity contribution in [2.45, 2.75) is 13.1 Å². The van der Waals surface area contributed by atoms with Crippen LogP contribution in [0.1, 0.15) is 12.5 Å². The molecular weight excluding hydrogens is 331 g/mol. The van der Waals surface area contributed by atoms with Gasteiger partial charge in [-0.05, 0) is 25.6 Å². The molecule has 2 rings (SSSR count). The van der Waals surface area contributed by atoms with Crippen molar-refractivity contribution < 1.29 is 18.3 Å². The van der Waals surface area contributed by atoms with Crippen molar-refractivity contribution in [3.8, 4) is 0 Å². The number of hydrogen-bond acceptors (Lipinski definition) is 4. The largest absolute Gasteiger partial charge is 0.417 e. The van der Waals surface area contributed by atoms with Gasteiger partial charge >= 0.3 is 6.18 Å². The normalized spacial score (nSPS) is 22.2. The van der Waals surface area contributed by atoms with E-state index in [0.29, 0.717) is 18.9 Å². The standard InChI is InChI=1S/C15H21ClF3N3O/c1-3-21(2)6-10-7-22(8-11(10)9-23)14-13(16)4-12(5-20-14)15(17,18)19/h4-5,10-11,23H,3,6-9H2,1-2H3/t10-,11-/m1/s1. The quantitative estimate of drug-likeness (QED) is 0.885. The summed E-state index contributed by atoms with van der Waals surface area (Å²) in [7, 11) is 2.00. The lowest BCUT2D eigenvalue weighted by atomic mass is 9.96. The van der Waals surface area contributed by atoms with E-state index in [1.807, 2.05) is 11.9 Å². The molecule has 0 saturated carbocycles. The molecule has 0 amide bonds. The van der Waals surface area contributed by atoms with E-state index in [1.165, 1.54) is 0 Å². The first-order valence-electron chi connectivity index (χ1n) is 7.53. The Bertz CT molecular complexity index is 541. The Balaban J connectivity index is 2.16. The minimum Gasteiger partial charge on any atom is -0.396 e. The molecule has 1 aromatic rings. The van der Waals surface area contributed by atoms with E-state index < -0.39 is 11.7 Å². The molecule has 2 heterocycles. The van der Waals surface area contributed by atoms with Gasteiger partial charge in [-0.2, -0.15) is 13.2 Å². The Morgan fingerprint density at radius 3 is 2.57 bits per heavy atom. The van der Waals surface area contributed by atoms with Crippen LogP contribution in [-0.2, 0) is 6.18 Å². The molecule has 1 aromatic heterocycles. The molecule has 0 aliphatic carbocycles. The van der Waals surface area contributed by atoms with Crippen molar-refractivity contribution >= 4 is 17.4 Å². The number of aromatic nitrogens is 1. The van der Waals surface area contributed by atoms with Gasteiger partial charge < -0.3 is 14.9 Å². The SMILES string of the molecule is CCN(C)C[C@@H]1CN(c2ncc(C(F)(F)F)cc2Cl)C[C@@H]1CO. The van der Waals surface area contributed by atoms with Crippen LogP contribution < -0.4 is 4.90 Å². The van der Waals surface area contributed by atoms with Crippen LogP contribution in [0.15, 0.2) is 12.3 Å². The molecule has 1 aliphatic heterocycles. The zero-order valence-corrected chi connectivity index (χ0v) is 13.9. The van der Waals surface area contributed by atoms with E-state index in [1.54, 1.807) is 0 Å². The van der Waals surface area contributed by atoms with E-state index in [0.717, 1.165) is 25.4 Å². The second-order valence-electron chi connectivity index (χ2n) is 5.99. The van der Waals surface area contributed by atoms with Gasteiger partial charge in [0, 0.05) is 38.4 Å². The zero-order valence-electron chi connectivity index (χ0n) is 13.1. The Labute approximate surface area is 138 Å². The average molecular weight is 352 g/mol. The van der Waals surface area contributed by atoms with Crippen LogP contribution in [-0.4, -0.2) is 54.8 Å². The third-order valence-electron chi connectivity index (χ3n) is 4.35. The Morgan fingerprint density at radius 2 is 2.04 bits per heavy atom. The molecule has 0 aromatic carbocycles. The number of aliphatic hydroxyl groups is 1. The van der Waals surface area contributed by atoms with Crippen molar-refractivity contribution in [1.29, 1.82) is 0 Å². The summed E-state index contributed by atoms with van der Waals surface area (Å²) in [5.41, 5.74) is -0.855. The molecule has 0 radical (unpaired) electrons. The first kappa shape index (κ1) is 18.3. The highest BCUT2D eigenvalue weighted by atomic mass is 35.5. The molecule has 0 bridgehead atoms. The van der Waals surface area contributed by atoms with E-state index in [-0.39, 0.29) is 23.5 Å². The summed E-state index contributed by atoms with van der Waals surface area (Å²) in [6.45, 7) is 4.96. The van der Waals surface area contributed by atoms with Crippen LogP contribution in [0.25, 0.3) is 0 Å². The lowest BCUT2D eigenvalue weighted by molar-refractivity contribution is -0.137. The average Bonchev–Trinajstić information content (AvgIpc) is 2.88. The van der Waals surface area contributed by atoms with Crippen molar-refractivity contribution in [3.05, 3.63) is 22.8 Å². The van der Waals surface area contributed by atoms with E-state index in [4.69, 9.17) is 11.6 Å². The number of nitrogens with zero attached hydrogens (tertiary/aromatic N) is 3. The Kier molecular flexibility index (Phi) is 5.75. The Hall–Kier alpha value is -1.05. The van der Waals surface area contributed by atoms with E-state index in [2.05, 4.69) is 16.8 Å². The van der Waals surface area contributed by atoms with Crippen LogP contribution in [0.5, 0.6) is 0 Å². The van der Waals surface area contributed by atoms with E-state index >= 15 is 0 Å². The van der Waals surface area contributed by atoms with Gasteiger partial charge in [-0.25, -0.2) is 4.98 Å². The molecule has 130 valence electrons. The lowest BCUT2D eigenvalue weighted by Crippen LogP contribution is -2.31. The minimum absolute atomic E-state index is 0.0130. The van der Waals surface area contributed by atoms with Crippen LogP contribution in [0.4, 0.5) is 19.0 Å². The number of aliphatic hydroxyl groups excluding tert-OH is 1. The van der Waals surface area contributed by atoms with Crippen LogP contribution in [0.2, 0.25) is 5.02 Å². The van der Waals surface area contributed by atoms with E-state index in [9.17, 15) is 18.3 Å². The second-order valence-corrected chi connectivity index (χ2v) is 6.40. The summed E-state index contributed by atoms with van der Waals surface area (Å²) in [4.78, 5) is 7.92. The molecule has 1 fully saturated rings. The lowest BCUT2D eigenvalue weighted by Gasteiger charge is -2.22. The summed E-state index contributed by atoms with van der Waals surface area (Å²) < 4.78 is 38.1. The second kappa shape index (κ2) is 7.23. The van der Waals surface area contributed by atoms with Crippen LogP contribution in [0.3, 0.4) is 0 Å². The maximum Gasteiger partial charge on any atom is 0.417 e. The maximum atomic E-state index is 12.7. The summed E-state index contributed by atoms with van der Waals surface area (Å²) in [6, 6.07) is 0.906. The number of rotatable bonds is 5. The highest BCUT2D eigenvalue weighted by Crippen LogP contribution is 2.36. The van der Waals surface area contributed by atoms with Gasteiger partial charge in [-0.15, -0.1) is 0 Å². The molecule has 1 aliphatic rings. The van der Waals surface area contributed by atoms with Crippen molar-refractivity contribution in [3.63, 3.8) is 0 Å². The third kappa shape index (κ3) is 4.28. The molecule has 23 heavy (non-hydrogen) atoms. The molecule has 0 spiro atoms. The van der Waals surface area contributed by atoms with Gasteiger partial charge in [0.15, 0.2) is 0 Å². The molecule has 1 saturated heterocycles. The Morgan fingerprint density at radius 1 is 1.39 bits per heavy atom. The fourth-order valence-electron chi connectivity index (χ4n) is 2.87.